The second-order valence-corrected chi connectivity index (χ2v) is 12.7. The lowest BCUT2D eigenvalue weighted by atomic mass is 9.65. The van der Waals surface area contributed by atoms with E-state index in [9.17, 15) is 35.9 Å². The van der Waals surface area contributed by atoms with Crippen LogP contribution >= 0.6 is 11.8 Å². The molecule has 1 amide bonds. The molecule has 12 heteroatoms. The number of rotatable bonds is 4. The largest absolute Gasteiger partial charge is 0.418 e. The van der Waals surface area contributed by atoms with Crippen LogP contribution in [0.2, 0.25) is 0 Å². The van der Waals surface area contributed by atoms with Gasteiger partial charge in [0.25, 0.3) is 5.56 Å². The summed E-state index contributed by atoms with van der Waals surface area (Å²) in [5.74, 6) is -0.497. The molecule has 2 aromatic carbocycles. The molecule has 1 aliphatic heterocycles. The second kappa shape index (κ2) is 9.53. The van der Waals surface area contributed by atoms with Gasteiger partial charge in [0.15, 0.2) is 5.16 Å². The van der Waals surface area contributed by atoms with Gasteiger partial charge in [-0.05, 0) is 60.4 Å². The fourth-order valence-corrected chi connectivity index (χ4v) is 7.41. The topological polar surface area (TPSA) is 55.2 Å². The van der Waals surface area contributed by atoms with E-state index in [0.29, 0.717) is 29.3 Å². The number of carbonyl (C=O) groups is 1. The molecule has 0 spiro atoms. The van der Waals surface area contributed by atoms with Gasteiger partial charge in [-0.1, -0.05) is 44.7 Å². The van der Waals surface area contributed by atoms with Gasteiger partial charge in [0.05, 0.1) is 33.5 Å². The molecule has 0 radical (unpaired) electrons. The summed E-state index contributed by atoms with van der Waals surface area (Å²) in [5.41, 5.74) is -4.55. The molecule has 214 valence electrons. The summed E-state index contributed by atoms with van der Waals surface area (Å²) in [4.78, 5) is 33.0. The molecular weight excluding hydrogens is 556 g/mol. The fraction of sp³-hybridized carbons (Fsp3) is 0.464. The number of benzene rings is 2. The highest BCUT2D eigenvalue weighted by molar-refractivity contribution is 7.99. The van der Waals surface area contributed by atoms with Crippen molar-refractivity contribution in [3.05, 3.63) is 63.9 Å². The number of alkyl halides is 6. The Labute approximate surface area is 230 Å². The number of thioether (sulfide) groups is 1. The van der Waals surface area contributed by atoms with Crippen LogP contribution in [0.5, 0.6) is 0 Å². The lowest BCUT2D eigenvalue weighted by Gasteiger charge is -2.39. The zero-order chi connectivity index (χ0) is 29.3. The lowest BCUT2D eigenvalue weighted by Crippen LogP contribution is -2.38. The van der Waals surface area contributed by atoms with Crippen molar-refractivity contribution in [3.63, 3.8) is 0 Å². The summed E-state index contributed by atoms with van der Waals surface area (Å²) in [6.07, 6.45) is -7.39. The van der Waals surface area contributed by atoms with E-state index in [4.69, 9.17) is 0 Å². The third-order valence-corrected chi connectivity index (χ3v) is 8.60. The minimum Gasteiger partial charge on any atom is -0.338 e. The lowest BCUT2D eigenvalue weighted by molar-refractivity contribution is -0.141. The van der Waals surface area contributed by atoms with Crippen LogP contribution in [0.25, 0.3) is 16.6 Å². The molecule has 2 aliphatic rings. The van der Waals surface area contributed by atoms with Gasteiger partial charge in [-0.15, -0.1) is 0 Å². The number of hydrogen-bond donors (Lipinski definition) is 0. The van der Waals surface area contributed by atoms with E-state index in [1.807, 2.05) is 0 Å². The first-order valence-electron chi connectivity index (χ1n) is 12.7. The maximum atomic E-state index is 14.0. The Morgan fingerprint density at radius 3 is 2.40 bits per heavy atom. The van der Waals surface area contributed by atoms with Crippen molar-refractivity contribution in [1.82, 2.24) is 14.5 Å². The Bertz CT molecular complexity index is 1550. The predicted octanol–water partition coefficient (Wildman–Crippen LogP) is 6.94. The molecule has 5 nitrogen and oxygen atoms in total. The van der Waals surface area contributed by atoms with Crippen LogP contribution in [0.15, 0.2) is 52.4 Å². The fourth-order valence-electron chi connectivity index (χ4n) is 6.52. The number of nitrogens with zero attached hydrogens (tertiary/aromatic N) is 3. The number of fused-ring (bicyclic) bond motifs is 3. The zero-order valence-electron chi connectivity index (χ0n) is 22.0. The van der Waals surface area contributed by atoms with Crippen molar-refractivity contribution >= 4 is 28.6 Å². The van der Waals surface area contributed by atoms with Gasteiger partial charge >= 0.3 is 12.4 Å². The van der Waals surface area contributed by atoms with Gasteiger partial charge in [0.2, 0.25) is 5.91 Å². The van der Waals surface area contributed by atoms with Crippen molar-refractivity contribution < 1.29 is 31.1 Å². The van der Waals surface area contributed by atoms with Crippen molar-refractivity contribution in [2.75, 3.05) is 12.3 Å². The number of carbonyl (C=O) groups excluding carboxylic acids is 1. The van der Waals surface area contributed by atoms with E-state index in [2.05, 4.69) is 25.8 Å². The molecule has 1 saturated carbocycles. The van der Waals surface area contributed by atoms with Gasteiger partial charge < -0.3 is 4.90 Å². The highest BCUT2D eigenvalue weighted by Gasteiger charge is 2.50. The first-order chi connectivity index (χ1) is 18.5. The summed E-state index contributed by atoms with van der Waals surface area (Å²) in [5, 5.41) is -0.359. The van der Waals surface area contributed by atoms with E-state index in [0.717, 1.165) is 31.0 Å². The normalized spacial score (nSPS) is 22.6. The minimum atomic E-state index is -5.06. The number of halogens is 6. The third-order valence-electron chi connectivity index (χ3n) is 7.68. The van der Waals surface area contributed by atoms with Gasteiger partial charge in [-0.25, -0.2) is 4.98 Å². The molecule has 2 fully saturated rings. The Morgan fingerprint density at radius 2 is 1.73 bits per heavy atom. The number of aromatic nitrogens is 2. The van der Waals surface area contributed by atoms with Crippen LogP contribution in [0, 0.1) is 10.8 Å². The molecule has 2 heterocycles. The van der Waals surface area contributed by atoms with Crippen LogP contribution < -0.4 is 5.56 Å². The first kappa shape index (κ1) is 28.5. The Morgan fingerprint density at radius 1 is 1.02 bits per heavy atom. The molecule has 5 rings (SSSR count). The standard InChI is InChI=1S/C28H27F6N3O2S/c1-25(2)11-17-12-26(3,14-25)15-36(17)22(38)13-40-24-35-20-7-5-4-6-18(20)23(39)37(24)21-10-16(27(29,30)31)8-9-19(21)28(32,33)34/h4-10,17H,11-15H2,1-3H3/t17-,26-/m0/s1. The van der Waals surface area contributed by atoms with Crippen LogP contribution in [0.1, 0.15) is 51.2 Å². The summed E-state index contributed by atoms with van der Waals surface area (Å²) in [6.45, 7) is 7.00. The third kappa shape index (κ3) is 5.34. The smallest absolute Gasteiger partial charge is 0.338 e. The molecule has 1 saturated heterocycles. The predicted molar refractivity (Wildman–Crippen MR) is 139 cm³/mol. The maximum absolute atomic E-state index is 14.0. The highest BCUT2D eigenvalue weighted by Crippen LogP contribution is 2.52. The summed E-state index contributed by atoms with van der Waals surface area (Å²) in [6, 6.07) is 6.85. The quantitative estimate of drug-likeness (QED) is 0.190. The molecule has 40 heavy (non-hydrogen) atoms. The SMILES string of the molecule is CC1(C)C[C@H]2C[C@](C)(CN2C(=O)CSc2nc3ccccc3c(=O)n2-c2cc(C(F)(F)F)ccc2C(F)(F)F)C1. The summed E-state index contributed by atoms with van der Waals surface area (Å²) in [7, 11) is 0. The van der Waals surface area contributed by atoms with Crippen LogP contribution in [-0.4, -0.2) is 38.7 Å². The number of para-hydroxylation sites is 1. The summed E-state index contributed by atoms with van der Waals surface area (Å²) >= 11 is 0.744. The first-order valence-corrected chi connectivity index (χ1v) is 13.7. The van der Waals surface area contributed by atoms with E-state index >= 15 is 0 Å². The summed E-state index contributed by atoms with van der Waals surface area (Å²) < 4.78 is 83.2. The molecule has 2 atom stereocenters. The molecule has 1 aromatic heterocycles. The maximum Gasteiger partial charge on any atom is 0.418 e. The van der Waals surface area contributed by atoms with Crippen molar-refractivity contribution in [3.8, 4) is 5.69 Å². The Balaban J connectivity index is 1.58. The van der Waals surface area contributed by atoms with Crippen molar-refractivity contribution in [1.29, 1.82) is 0 Å². The van der Waals surface area contributed by atoms with E-state index in [1.165, 1.54) is 18.2 Å². The average molecular weight is 584 g/mol. The van der Waals surface area contributed by atoms with E-state index in [-0.39, 0.29) is 44.6 Å². The molecule has 2 bridgehead atoms. The number of amides is 1. The minimum absolute atomic E-state index is 0.0221. The molecule has 1 aliphatic carbocycles. The van der Waals surface area contributed by atoms with Crippen molar-refractivity contribution in [2.24, 2.45) is 10.8 Å². The van der Waals surface area contributed by atoms with E-state index in [1.54, 1.807) is 11.0 Å². The van der Waals surface area contributed by atoms with Crippen LogP contribution in [0.4, 0.5) is 26.3 Å². The van der Waals surface area contributed by atoms with Gasteiger partial charge in [0, 0.05) is 12.6 Å². The number of hydrogen-bond acceptors (Lipinski definition) is 4. The second-order valence-electron chi connectivity index (χ2n) is 11.8. The van der Waals surface area contributed by atoms with Gasteiger partial charge in [0.1, 0.15) is 0 Å². The molecule has 0 unspecified atom stereocenters. The van der Waals surface area contributed by atoms with Crippen LogP contribution in [0.3, 0.4) is 0 Å². The van der Waals surface area contributed by atoms with Gasteiger partial charge in [-0.2, -0.15) is 26.3 Å². The molecule has 3 aromatic rings. The molecular formula is C28H27F6N3O2S. The van der Waals surface area contributed by atoms with Crippen molar-refractivity contribution in [2.45, 2.75) is 63.6 Å². The highest BCUT2D eigenvalue weighted by atomic mass is 32.2. The average Bonchev–Trinajstić information content (AvgIpc) is 3.09. The Hall–Kier alpha value is -3.02. The Kier molecular flexibility index (Phi) is 6.79. The zero-order valence-corrected chi connectivity index (χ0v) is 22.8. The molecule has 0 N–H and O–H groups in total. The monoisotopic (exact) mass is 583 g/mol. The van der Waals surface area contributed by atoms with Crippen LogP contribution in [-0.2, 0) is 17.1 Å². The van der Waals surface area contributed by atoms with Gasteiger partial charge in [-0.3, -0.25) is 14.2 Å². The number of likely N-dealkylation sites (tertiary alicyclic amines) is 1. The van der Waals surface area contributed by atoms with E-state index < -0.39 is 34.7 Å².